The third-order valence-corrected chi connectivity index (χ3v) is 4.50. The van der Waals surface area contributed by atoms with Crippen molar-refractivity contribution in [2.75, 3.05) is 21.3 Å². The Morgan fingerprint density at radius 1 is 1.00 bits per heavy atom. The van der Waals surface area contributed by atoms with Gasteiger partial charge >= 0.3 is 0 Å². The van der Waals surface area contributed by atoms with Crippen molar-refractivity contribution < 1.29 is 23.4 Å². The van der Waals surface area contributed by atoms with Crippen molar-refractivity contribution in [2.45, 2.75) is 6.92 Å². The van der Waals surface area contributed by atoms with Gasteiger partial charge in [-0.05, 0) is 49.4 Å². The van der Waals surface area contributed by atoms with Crippen molar-refractivity contribution >= 4 is 11.9 Å². The fraction of sp³-hybridized carbons (Fsp3) is 0.182. The number of allylic oxidation sites excluding steroid dienone is 1. The van der Waals surface area contributed by atoms with Crippen LogP contribution < -0.4 is 14.2 Å². The van der Waals surface area contributed by atoms with Gasteiger partial charge < -0.3 is 14.2 Å². The number of methoxy groups -OCH3 is 3. The van der Waals surface area contributed by atoms with Crippen LogP contribution in [0.4, 0.5) is 4.39 Å². The standard InChI is InChI=1S/C22H21FN2O4/c1-14-18(13-24-25(14)17-8-6-16(23)7-9-17)19(26)10-5-15-11-21(28-3)22(29-4)12-20(15)27-2/h5-13H,1-4H3. The molecule has 0 amide bonds. The van der Waals surface area contributed by atoms with Gasteiger partial charge in [0.1, 0.15) is 11.6 Å². The van der Waals surface area contributed by atoms with Crippen LogP contribution in [0.1, 0.15) is 21.6 Å². The van der Waals surface area contributed by atoms with Crippen molar-refractivity contribution in [3.63, 3.8) is 0 Å². The lowest BCUT2D eigenvalue weighted by atomic mass is 10.1. The van der Waals surface area contributed by atoms with E-state index in [1.807, 2.05) is 0 Å². The van der Waals surface area contributed by atoms with E-state index in [1.165, 1.54) is 45.7 Å². The summed E-state index contributed by atoms with van der Waals surface area (Å²) in [6, 6.07) is 9.33. The van der Waals surface area contributed by atoms with Crippen molar-refractivity contribution in [1.29, 1.82) is 0 Å². The molecule has 0 radical (unpaired) electrons. The number of ketones is 1. The first-order valence-electron chi connectivity index (χ1n) is 8.81. The largest absolute Gasteiger partial charge is 0.496 e. The molecule has 150 valence electrons. The molecule has 0 fully saturated rings. The van der Waals surface area contributed by atoms with Crippen molar-refractivity contribution in [2.24, 2.45) is 0 Å². The maximum Gasteiger partial charge on any atom is 0.189 e. The molecule has 2 aromatic carbocycles. The molecule has 0 aliphatic rings. The van der Waals surface area contributed by atoms with E-state index in [2.05, 4.69) is 5.10 Å². The van der Waals surface area contributed by atoms with Crippen molar-refractivity contribution in [3.8, 4) is 22.9 Å². The zero-order valence-electron chi connectivity index (χ0n) is 16.6. The van der Waals surface area contributed by atoms with Gasteiger partial charge in [-0.1, -0.05) is 0 Å². The molecule has 29 heavy (non-hydrogen) atoms. The third-order valence-electron chi connectivity index (χ3n) is 4.50. The molecule has 0 unspecified atom stereocenters. The Hall–Kier alpha value is -3.61. The molecule has 3 aromatic rings. The average Bonchev–Trinajstić information content (AvgIpc) is 3.13. The molecule has 3 rings (SSSR count). The number of aromatic nitrogens is 2. The van der Waals surface area contributed by atoms with E-state index in [0.717, 1.165) is 0 Å². The van der Waals surface area contributed by atoms with Crippen LogP contribution >= 0.6 is 0 Å². The van der Waals surface area contributed by atoms with Gasteiger partial charge in [0.2, 0.25) is 0 Å². The molecule has 0 N–H and O–H groups in total. The summed E-state index contributed by atoms with van der Waals surface area (Å²) in [5.74, 6) is 1.06. The smallest absolute Gasteiger partial charge is 0.189 e. The van der Waals surface area contributed by atoms with E-state index in [1.54, 1.807) is 41.9 Å². The van der Waals surface area contributed by atoms with Crippen LogP contribution in [0.5, 0.6) is 17.2 Å². The number of hydrogen-bond donors (Lipinski definition) is 0. The minimum Gasteiger partial charge on any atom is -0.496 e. The Kier molecular flexibility index (Phi) is 5.97. The minimum absolute atomic E-state index is 0.215. The molecular formula is C22H21FN2O4. The van der Waals surface area contributed by atoms with Crippen LogP contribution in [0.2, 0.25) is 0 Å². The summed E-state index contributed by atoms with van der Waals surface area (Å²) >= 11 is 0. The number of rotatable bonds is 7. The highest BCUT2D eigenvalue weighted by Crippen LogP contribution is 2.35. The first-order valence-corrected chi connectivity index (χ1v) is 8.81. The topological polar surface area (TPSA) is 62.6 Å². The summed E-state index contributed by atoms with van der Waals surface area (Å²) in [6.07, 6.45) is 4.60. The molecule has 1 heterocycles. The Labute approximate surface area is 168 Å². The second-order valence-corrected chi connectivity index (χ2v) is 6.18. The zero-order valence-corrected chi connectivity index (χ0v) is 16.6. The van der Waals surface area contributed by atoms with E-state index in [4.69, 9.17) is 14.2 Å². The van der Waals surface area contributed by atoms with Crippen LogP contribution in [0, 0.1) is 12.7 Å². The zero-order chi connectivity index (χ0) is 21.0. The first kappa shape index (κ1) is 20.1. The highest BCUT2D eigenvalue weighted by atomic mass is 19.1. The van der Waals surface area contributed by atoms with Gasteiger partial charge in [-0.3, -0.25) is 4.79 Å². The molecule has 0 bridgehead atoms. The summed E-state index contributed by atoms with van der Waals surface area (Å²) in [5.41, 5.74) is 2.45. The molecule has 0 spiro atoms. The first-order chi connectivity index (χ1) is 14.0. The van der Waals surface area contributed by atoms with Gasteiger partial charge in [0.15, 0.2) is 17.3 Å². The third kappa shape index (κ3) is 4.13. The maximum atomic E-state index is 13.1. The summed E-state index contributed by atoms with van der Waals surface area (Å²) in [6.45, 7) is 1.79. The van der Waals surface area contributed by atoms with Gasteiger partial charge in [0.25, 0.3) is 0 Å². The van der Waals surface area contributed by atoms with Crippen LogP contribution in [0.25, 0.3) is 11.8 Å². The Bertz CT molecular complexity index is 1060. The van der Waals surface area contributed by atoms with Crippen LogP contribution in [0.3, 0.4) is 0 Å². The van der Waals surface area contributed by atoms with Gasteiger partial charge in [0, 0.05) is 11.6 Å². The van der Waals surface area contributed by atoms with Crippen LogP contribution in [-0.4, -0.2) is 36.9 Å². The summed E-state index contributed by atoms with van der Waals surface area (Å²) in [7, 11) is 4.62. The highest BCUT2D eigenvalue weighted by molar-refractivity contribution is 6.07. The highest BCUT2D eigenvalue weighted by Gasteiger charge is 2.14. The van der Waals surface area contributed by atoms with Gasteiger partial charge in [-0.2, -0.15) is 5.10 Å². The Balaban J connectivity index is 1.89. The van der Waals surface area contributed by atoms with E-state index in [-0.39, 0.29) is 11.6 Å². The molecule has 0 saturated carbocycles. The molecule has 0 saturated heterocycles. The van der Waals surface area contributed by atoms with E-state index < -0.39 is 0 Å². The molecular weight excluding hydrogens is 375 g/mol. The average molecular weight is 396 g/mol. The number of carbonyl (C=O) groups is 1. The van der Waals surface area contributed by atoms with E-state index >= 15 is 0 Å². The summed E-state index contributed by atoms with van der Waals surface area (Å²) in [5, 5.41) is 4.25. The normalized spacial score (nSPS) is 10.9. The van der Waals surface area contributed by atoms with E-state index in [9.17, 15) is 9.18 Å². The predicted molar refractivity (Wildman–Crippen MR) is 108 cm³/mol. The summed E-state index contributed by atoms with van der Waals surface area (Å²) in [4.78, 5) is 12.7. The molecule has 0 atom stereocenters. The SMILES string of the molecule is COc1cc(OC)c(OC)cc1C=CC(=O)c1cnn(-c2ccc(F)cc2)c1C. The molecule has 0 aliphatic heterocycles. The molecule has 0 aliphatic carbocycles. The lowest BCUT2D eigenvalue weighted by Crippen LogP contribution is -2.02. The molecule has 1 aromatic heterocycles. The van der Waals surface area contributed by atoms with Crippen molar-refractivity contribution in [1.82, 2.24) is 9.78 Å². The number of ether oxygens (including phenoxy) is 3. The van der Waals surface area contributed by atoms with Gasteiger partial charge in [0.05, 0.1) is 44.5 Å². The quantitative estimate of drug-likeness (QED) is 0.442. The number of hydrogen-bond acceptors (Lipinski definition) is 5. The molecule has 6 nitrogen and oxygen atoms in total. The van der Waals surface area contributed by atoms with Gasteiger partial charge in [-0.15, -0.1) is 0 Å². The van der Waals surface area contributed by atoms with Crippen LogP contribution in [-0.2, 0) is 0 Å². The Morgan fingerprint density at radius 3 is 2.24 bits per heavy atom. The fourth-order valence-electron chi connectivity index (χ4n) is 2.93. The lowest BCUT2D eigenvalue weighted by Gasteiger charge is -2.12. The minimum atomic E-state index is -0.332. The van der Waals surface area contributed by atoms with E-state index in [0.29, 0.717) is 39.8 Å². The predicted octanol–water partition coefficient (Wildman–Crippen LogP) is 4.24. The number of halogens is 1. The summed E-state index contributed by atoms with van der Waals surface area (Å²) < 4.78 is 30.7. The monoisotopic (exact) mass is 396 g/mol. The van der Waals surface area contributed by atoms with Crippen molar-refractivity contribution in [3.05, 3.63) is 71.3 Å². The van der Waals surface area contributed by atoms with Crippen LogP contribution in [0.15, 0.2) is 48.7 Å². The van der Waals surface area contributed by atoms with Gasteiger partial charge in [-0.25, -0.2) is 9.07 Å². The number of nitrogens with zero attached hydrogens (tertiary/aromatic N) is 2. The second kappa shape index (κ2) is 8.60. The second-order valence-electron chi connectivity index (χ2n) is 6.18. The fourth-order valence-corrected chi connectivity index (χ4v) is 2.93. The number of carbonyl (C=O) groups excluding carboxylic acids is 1. The Morgan fingerprint density at radius 2 is 1.62 bits per heavy atom. The lowest BCUT2D eigenvalue weighted by molar-refractivity contribution is 0.104. The number of benzene rings is 2. The molecule has 7 heteroatoms. The maximum absolute atomic E-state index is 13.1.